The van der Waals surface area contributed by atoms with Crippen LogP contribution in [0.4, 0.5) is 34.1 Å². The molecule has 338 valence electrons. The molecule has 0 bridgehead atoms. The van der Waals surface area contributed by atoms with Crippen LogP contribution in [0.15, 0.2) is 115 Å². The van der Waals surface area contributed by atoms with Crippen molar-refractivity contribution in [3.8, 4) is 11.1 Å². The maximum absolute atomic E-state index is 2.76. The van der Waals surface area contributed by atoms with Crippen LogP contribution < -0.4 is 25.5 Å². The van der Waals surface area contributed by atoms with Gasteiger partial charge < -0.3 is 9.80 Å². The third-order valence-electron chi connectivity index (χ3n) is 15.6. The zero-order valence-electron chi connectivity index (χ0n) is 41.2. The zero-order valence-corrected chi connectivity index (χ0v) is 42.1. The molecule has 4 heteroatoms. The van der Waals surface area contributed by atoms with Gasteiger partial charge in [0, 0.05) is 43.2 Å². The molecule has 0 saturated heterocycles. The summed E-state index contributed by atoms with van der Waals surface area (Å²) in [7, 11) is 0. The third kappa shape index (κ3) is 7.93. The molecule has 0 unspecified atom stereocenters. The summed E-state index contributed by atoms with van der Waals surface area (Å²) in [6.07, 6.45) is 16.3. The van der Waals surface area contributed by atoms with Gasteiger partial charge in [0.25, 0.3) is 6.71 Å². The van der Waals surface area contributed by atoms with Gasteiger partial charge in [0.2, 0.25) is 0 Å². The number of thiophene rings is 1. The number of anilines is 6. The molecule has 2 nitrogen and oxygen atoms in total. The van der Waals surface area contributed by atoms with E-state index in [0.717, 1.165) is 32.1 Å². The van der Waals surface area contributed by atoms with E-state index in [0.29, 0.717) is 0 Å². The van der Waals surface area contributed by atoms with E-state index in [-0.39, 0.29) is 17.5 Å². The fourth-order valence-corrected chi connectivity index (χ4v) is 12.9. The highest BCUT2D eigenvalue weighted by Gasteiger charge is 2.46. The largest absolute Gasteiger partial charge is 0.311 e. The van der Waals surface area contributed by atoms with Crippen molar-refractivity contribution < 1.29 is 0 Å². The Hall–Kier alpha value is -5.06. The van der Waals surface area contributed by atoms with Crippen LogP contribution in [0.3, 0.4) is 0 Å². The predicted molar refractivity (Wildman–Crippen MR) is 291 cm³/mol. The first-order valence-corrected chi connectivity index (χ1v) is 26.6. The topological polar surface area (TPSA) is 6.48 Å². The van der Waals surface area contributed by atoms with Crippen molar-refractivity contribution in [3.63, 3.8) is 0 Å². The second-order valence-corrected chi connectivity index (χ2v) is 22.4. The maximum Gasteiger partial charge on any atom is 0.264 e. The van der Waals surface area contributed by atoms with E-state index in [1.165, 1.54) is 162 Å². The second-order valence-electron chi connectivity index (χ2n) is 21.3. The highest BCUT2D eigenvalue weighted by molar-refractivity contribution is 7.33. The molecule has 0 saturated carbocycles. The van der Waals surface area contributed by atoms with Crippen LogP contribution in [0.25, 0.3) is 21.2 Å². The molecule has 3 heterocycles. The van der Waals surface area contributed by atoms with Crippen molar-refractivity contribution in [1.29, 1.82) is 0 Å². The van der Waals surface area contributed by atoms with Gasteiger partial charge in [-0.1, -0.05) is 142 Å². The highest BCUT2D eigenvalue weighted by Crippen LogP contribution is 2.52. The number of aryl methyl sites for hydroxylation is 4. The molecule has 0 spiro atoms. The Kier molecular flexibility index (Phi) is 12.4. The van der Waals surface area contributed by atoms with Crippen LogP contribution in [0, 0.1) is 0 Å². The first-order valence-electron chi connectivity index (χ1n) is 25.8. The number of nitrogens with zero attached hydrogens (tertiary/aromatic N) is 2. The Morgan fingerprint density at radius 2 is 1.09 bits per heavy atom. The molecule has 1 aromatic heterocycles. The van der Waals surface area contributed by atoms with Crippen molar-refractivity contribution in [3.05, 3.63) is 149 Å². The fourth-order valence-electron chi connectivity index (χ4n) is 11.6. The summed E-state index contributed by atoms with van der Waals surface area (Å²) in [6, 6.07) is 46.5. The van der Waals surface area contributed by atoms with E-state index < -0.39 is 0 Å². The maximum atomic E-state index is 2.76. The molecule has 3 aliphatic rings. The molecule has 7 aromatic rings. The van der Waals surface area contributed by atoms with Gasteiger partial charge >= 0.3 is 0 Å². The molecule has 1 aliphatic carbocycles. The van der Waals surface area contributed by atoms with Gasteiger partial charge in [-0.15, -0.1) is 11.3 Å². The molecule has 0 radical (unpaired) electrons. The monoisotopic (exact) mass is 887 g/mol. The smallest absolute Gasteiger partial charge is 0.264 e. The predicted octanol–water partition coefficient (Wildman–Crippen LogP) is 16.4. The lowest BCUT2D eigenvalue weighted by atomic mass is 9.36. The molecular weight excluding hydrogens is 816 g/mol. The number of rotatable bonds is 15. The Bertz CT molecular complexity index is 2900. The van der Waals surface area contributed by atoms with Crippen LogP contribution in [-0.4, -0.2) is 6.71 Å². The minimum absolute atomic E-state index is 0.0941. The fraction of sp³-hybridized carbons (Fsp3) is 0.387. The van der Waals surface area contributed by atoms with Gasteiger partial charge in [0.1, 0.15) is 0 Å². The van der Waals surface area contributed by atoms with Gasteiger partial charge in [-0.25, -0.2) is 0 Å². The van der Waals surface area contributed by atoms with E-state index in [4.69, 9.17) is 0 Å². The van der Waals surface area contributed by atoms with E-state index in [1.54, 1.807) is 0 Å². The van der Waals surface area contributed by atoms with Crippen LogP contribution in [0.2, 0.25) is 0 Å². The van der Waals surface area contributed by atoms with Crippen LogP contribution in [-0.2, 0) is 36.5 Å². The summed E-state index contributed by atoms with van der Waals surface area (Å²) in [6.45, 7) is 19.3. The van der Waals surface area contributed by atoms with Crippen molar-refractivity contribution in [2.24, 2.45) is 0 Å². The molecule has 0 fully saturated rings. The molecule has 0 atom stereocenters. The number of unbranched alkanes of at least 4 members (excludes halogenated alkanes) is 4. The lowest BCUT2D eigenvalue weighted by molar-refractivity contribution is 0.332. The van der Waals surface area contributed by atoms with Gasteiger partial charge in [-0.2, -0.15) is 0 Å². The average molecular weight is 887 g/mol. The quantitative estimate of drug-likeness (QED) is 0.0947. The normalized spacial score (nSPS) is 15.4. The summed E-state index contributed by atoms with van der Waals surface area (Å²) in [5.41, 5.74) is 22.5. The third-order valence-corrected chi connectivity index (χ3v) is 16.8. The Labute approximate surface area is 401 Å². The molecule has 10 rings (SSSR count). The SMILES string of the molecule is CCCCc1ccc(N2c3cc(CCCC)ccc3B3c4sc5ccc(CCCC)cc5c4N(c4ccc5c(c4)C(C)(C)CCC5(C)C)c4cc(CCCC)cc2c43)c(-c2ccccc2)c1. The number of hydrogen-bond donors (Lipinski definition) is 0. The van der Waals surface area contributed by atoms with E-state index in [2.05, 4.69) is 180 Å². The second kappa shape index (κ2) is 18.2. The van der Waals surface area contributed by atoms with Crippen LogP contribution in [0.5, 0.6) is 0 Å². The molecule has 2 aliphatic heterocycles. The Morgan fingerprint density at radius 3 is 1.77 bits per heavy atom. The summed E-state index contributed by atoms with van der Waals surface area (Å²) in [5, 5.41) is 1.41. The van der Waals surface area contributed by atoms with E-state index in [1.807, 2.05) is 11.3 Å². The van der Waals surface area contributed by atoms with Gasteiger partial charge in [-0.3, -0.25) is 0 Å². The molecule has 0 N–H and O–H groups in total. The minimum atomic E-state index is 0.0941. The highest BCUT2D eigenvalue weighted by atomic mass is 32.1. The van der Waals surface area contributed by atoms with Crippen LogP contribution in [0.1, 0.15) is 153 Å². The van der Waals surface area contributed by atoms with Gasteiger partial charge in [0.05, 0.1) is 11.4 Å². The summed E-state index contributed by atoms with van der Waals surface area (Å²) >= 11 is 2.04. The first kappa shape index (κ1) is 44.8. The number of benzene rings is 6. The van der Waals surface area contributed by atoms with Crippen molar-refractivity contribution in [2.75, 3.05) is 9.80 Å². The summed E-state index contributed by atoms with van der Waals surface area (Å²) < 4.78 is 2.87. The van der Waals surface area contributed by atoms with Gasteiger partial charge in [-0.05, 0) is 180 Å². The number of fused-ring (bicyclic) bond motifs is 7. The summed E-state index contributed by atoms with van der Waals surface area (Å²) in [4.78, 5) is 5.48. The number of hydrogen-bond acceptors (Lipinski definition) is 3. The van der Waals surface area contributed by atoms with E-state index >= 15 is 0 Å². The summed E-state index contributed by atoms with van der Waals surface area (Å²) in [5.74, 6) is 0. The minimum Gasteiger partial charge on any atom is -0.311 e. The van der Waals surface area contributed by atoms with Crippen molar-refractivity contribution >= 4 is 78.0 Å². The molecule has 0 amide bonds. The lowest BCUT2D eigenvalue weighted by Gasteiger charge is -2.45. The molecular formula is C62H71BN2S. The van der Waals surface area contributed by atoms with Crippen molar-refractivity contribution in [2.45, 2.75) is 156 Å². The van der Waals surface area contributed by atoms with Crippen LogP contribution >= 0.6 is 11.3 Å². The lowest BCUT2D eigenvalue weighted by Crippen LogP contribution is -2.60. The van der Waals surface area contributed by atoms with Gasteiger partial charge in [0.15, 0.2) is 0 Å². The first-order chi connectivity index (χ1) is 32.0. The Morgan fingerprint density at radius 1 is 0.515 bits per heavy atom. The average Bonchev–Trinajstić information content (AvgIpc) is 3.71. The Balaban J connectivity index is 1.31. The van der Waals surface area contributed by atoms with E-state index in [9.17, 15) is 0 Å². The zero-order chi connectivity index (χ0) is 45.7. The molecule has 6 aromatic carbocycles. The standard InChI is InChI=1S/C62H71BN2S/c1-9-13-20-42-27-32-53(48(36-42)46-24-18-17-19-25-46)65-54-38-44(22-15-11-3)26-31-52(54)63-58-55(39-45(23-16-12-4)40-56(58)65)64(47-29-30-50-51(41-47)62(7,8)35-34-61(50,5)6)59-49-37-43(21-14-10-2)28-33-57(49)66-60(59)63/h17-19,24-33,36-41H,9-16,20-23,34-35H2,1-8H3. The van der Waals surface area contributed by atoms with Crippen molar-refractivity contribution in [1.82, 2.24) is 0 Å². The molecule has 66 heavy (non-hydrogen) atoms.